The van der Waals surface area contributed by atoms with Crippen LogP contribution < -0.4 is 5.73 Å². The Morgan fingerprint density at radius 2 is 2.18 bits per heavy atom. The Morgan fingerprint density at radius 1 is 1.41 bits per heavy atom. The monoisotopic (exact) mass is 233 g/mol. The summed E-state index contributed by atoms with van der Waals surface area (Å²) in [7, 11) is 0. The number of hydrogen-bond acceptors (Lipinski definition) is 3. The Balaban J connectivity index is 2.45. The molecule has 5 heteroatoms. The van der Waals surface area contributed by atoms with Gasteiger partial charge in [0, 0.05) is 23.2 Å². The SMILES string of the molecule is CCCCc1cc2cc([N+](=O)[O-])cc(N)c2[nH]1. The molecular formula is C12H15N3O2. The standard InChI is InChI=1S/C12H15N3O2/c1-2-3-4-9-5-8-6-10(15(16)17)7-11(13)12(8)14-9/h5-7,14H,2-4,13H2,1H3. The first-order chi connectivity index (χ1) is 8.11. The van der Waals surface area contributed by atoms with E-state index in [-0.39, 0.29) is 5.69 Å². The van der Waals surface area contributed by atoms with E-state index in [0.717, 1.165) is 35.9 Å². The number of nitro groups is 1. The summed E-state index contributed by atoms with van der Waals surface area (Å²) >= 11 is 0. The van der Waals surface area contributed by atoms with Crippen molar-refractivity contribution in [2.45, 2.75) is 26.2 Å². The number of nitrogen functional groups attached to an aromatic ring is 1. The third-order valence-electron chi connectivity index (χ3n) is 2.81. The summed E-state index contributed by atoms with van der Waals surface area (Å²) in [6.45, 7) is 2.13. The van der Waals surface area contributed by atoms with Gasteiger partial charge in [0.25, 0.3) is 5.69 Å². The number of nitro benzene ring substituents is 1. The number of nitrogens with one attached hydrogen (secondary N) is 1. The molecule has 0 fully saturated rings. The zero-order chi connectivity index (χ0) is 12.4. The van der Waals surface area contributed by atoms with Crippen molar-refractivity contribution in [1.82, 2.24) is 4.98 Å². The largest absolute Gasteiger partial charge is 0.397 e. The number of benzene rings is 1. The van der Waals surface area contributed by atoms with Crippen molar-refractivity contribution in [2.75, 3.05) is 5.73 Å². The van der Waals surface area contributed by atoms with Gasteiger partial charge in [0.15, 0.2) is 0 Å². The number of H-pyrrole nitrogens is 1. The van der Waals surface area contributed by atoms with Gasteiger partial charge in [-0.3, -0.25) is 10.1 Å². The highest BCUT2D eigenvalue weighted by Crippen LogP contribution is 2.27. The molecule has 0 atom stereocenters. The number of unbranched alkanes of at least 4 members (excludes halogenated alkanes) is 1. The fourth-order valence-electron chi connectivity index (χ4n) is 1.92. The number of nitrogens with two attached hydrogens (primary N) is 1. The van der Waals surface area contributed by atoms with E-state index in [1.54, 1.807) is 6.07 Å². The molecule has 0 radical (unpaired) electrons. The first kappa shape index (κ1) is 11.4. The topological polar surface area (TPSA) is 84.9 Å². The Kier molecular flexibility index (Phi) is 2.99. The number of nitrogens with zero attached hydrogens (tertiary/aromatic N) is 1. The van der Waals surface area contributed by atoms with Gasteiger partial charge in [-0.2, -0.15) is 0 Å². The first-order valence-corrected chi connectivity index (χ1v) is 5.67. The Hall–Kier alpha value is -2.04. The second-order valence-electron chi connectivity index (χ2n) is 4.15. The van der Waals surface area contributed by atoms with Crippen molar-refractivity contribution in [3.63, 3.8) is 0 Å². The van der Waals surface area contributed by atoms with Crippen LogP contribution in [0.25, 0.3) is 10.9 Å². The van der Waals surface area contributed by atoms with Crippen LogP contribution in [-0.2, 0) is 6.42 Å². The summed E-state index contributed by atoms with van der Waals surface area (Å²) in [5, 5.41) is 11.5. The molecular weight excluding hydrogens is 218 g/mol. The van der Waals surface area contributed by atoms with Gasteiger partial charge in [0.05, 0.1) is 16.1 Å². The average molecular weight is 233 g/mol. The zero-order valence-corrected chi connectivity index (χ0v) is 9.69. The zero-order valence-electron chi connectivity index (χ0n) is 9.69. The van der Waals surface area contributed by atoms with Crippen LogP contribution in [0.5, 0.6) is 0 Å². The Morgan fingerprint density at radius 3 is 2.82 bits per heavy atom. The second kappa shape index (κ2) is 4.45. The molecule has 5 nitrogen and oxygen atoms in total. The lowest BCUT2D eigenvalue weighted by atomic mass is 10.2. The first-order valence-electron chi connectivity index (χ1n) is 5.67. The van der Waals surface area contributed by atoms with Crippen molar-refractivity contribution in [1.29, 1.82) is 0 Å². The van der Waals surface area contributed by atoms with E-state index in [0.29, 0.717) is 5.69 Å². The third kappa shape index (κ3) is 2.22. The minimum absolute atomic E-state index is 0.0380. The average Bonchev–Trinajstić information content (AvgIpc) is 2.69. The van der Waals surface area contributed by atoms with Crippen LogP contribution in [-0.4, -0.2) is 9.91 Å². The van der Waals surface area contributed by atoms with E-state index in [9.17, 15) is 10.1 Å². The molecule has 3 N–H and O–H groups in total. The van der Waals surface area contributed by atoms with Crippen LogP contribution in [0.15, 0.2) is 18.2 Å². The molecule has 0 saturated carbocycles. The molecule has 1 aromatic heterocycles. The highest BCUT2D eigenvalue weighted by atomic mass is 16.6. The van der Waals surface area contributed by atoms with Gasteiger partial charge in [-0.05, 0) is 18.9 Å². The smallest absolute Gasteiger partial charge is 0.272 e. The molecule has 0 saturated heterocycles. The molecule has 0 bridgehead atoms. The van der Waals surface area contributed by atoms with Crippen LogP contribution in [0.1, 0.15) is 25.5 Å². The van der Waals surface area contributed by atoms with Gasteiger partial charge in [0.2, 0.25) is 0 Å². The third-order valence-corrected chi connectivity index (χ3v) is 2.81. The number of fused-ring (bicyclic) bond motifs is 1. The number of rotatable bonds is 4. The number of anilines is 1. The summed E-state index contributed by atoms with van der Waals surface area (Å²) in [5.41, 5.74) is 8.14. The minimum Gasteiger partial charge on any atom is -0.397 e. The highest BCUT2D eigenvalue weighted by molar-refractivity contribution is 5.92. The van der Waals surface area contributed by atoms with E-state index in [2.05, 4.69) is 11.9 Å². The lowest BCUT2D eigenvalue weighted by Crippen LogP contribution is -1.92. The van der Waals surface area contributed by atoms with Gasteiger partial charge >= 0.3 is 0 Å². The number of aryl methyl sites for hydroxylation is 1. The fourth-order valence-corrected chi connectivity index (χ4v) is 1.92. The lowest BCUT2D eigenvalue weighted by molar-refractivity contribution is -0.384. The Labute approximate surface area is 98.8 Å². The van der Waals surface area contributed by atoms with Crippen LogP contribution in [0, 0.1) is 10.1 Å². The van der Waals surface area contributed by atoms with Crippen LogP contribution >= 0.6 is 0 Å². The fraction of sp³-hybridized carbons (Fsp3) is 0.333. The highest BCUT2D eigenvalue weighted by Gasteiger charge is 2.11. The molecule has 1 aromatic carbocycles. The molecule has 17 heavy (non-hydrogen) atoms. The predicted molar refractivity (Wildman–Crippen MR) is 68.0 cm³/mol. The summed E-state index contributed by atoms with van der Waals surface area (Å²) in [4.78, 5) is 13.5. The number of non-ortho nitro benzene ring substituents is 1. The van der Waals surface area contributed by atoms with E-state index in [4.69, 9.17) is 5.73 Å². The van der Waals surface area contributed by atoms with Gasteiger partial charge in [-0.1, -0.05) is 13.3 Å². The van der Waals surface area contributed by atoms with E-state index in [1.807, 2.05) is 6.07 Å². The molecule has 0 unspecified atom stereocenters. The van der Waals surface area contributed by atoms with Crippen LogP contribution in [0.2, 0.25) is 0 Å². The second-order valence-corrected chi connectivity index (χ2v) is 4.15. The minimum atomic E-state index is -0.422. The number of aromatic amines is 1. The van der Waals surface area contributed by atoms with Gasteiger partial charge < -0.3 is 10.7 Å². The molecule has 0 spiro atoms. The van der Waals surface area contributed by atoms with E-state index >= 15 is 0 Å². The van der Waals surface area contributed by atoms with Crippen molar-refractivity contribution in [2.24, 2.45) is 0 Å². The summed E-state index contributed by atoms with van der Waals surface area (Å²) in [6.07, 6.45) is 3.15. The van der Waals surface area contributed by atoms with Gasteiger partial charge in [-0.15, -0.1) is 0 Å². The van der Waals surface area contributed by atoms with Crippen molar-refractivity contribution < 1.29 is 4.92 Å². The maximum atomic E-state index is 10.7. The molecule has 0 aliphatic carbocycles. The van der Waals surface area contributed by atoms with Crippen molar-refractivity contribution in [3.05, 3.63) is 34.0 Å². The van der Waals surface area contributed by atoms with Crippen molar-refractivity contribution in [3.8, 4) is 0 Å². The molecule has 0 aliphatic rings. The summed E-state index contributed by atoms with van der Waals surface area (Å²) < 4.78 is 0. The summed E-state index contributed by atoms with van der Waals surface area (Å²) in [5.74, 6) is 0. The molecule has 2 rings (SSSR count). The van der Waals surface area contributed by atoms with Crippen LogP contribution in [0.4, 0.5) is 11.4 Å². The normalized spacial score (nSPS) is 10.9. The predicted octanol–water partition coefficient (Wildman–Crippen LogP) is 3.00. The Bertz CT molecular complexity index is 560. The van der Waals surface area contributed by atoms with Gasteiger partial charge in [0.1, 0.15) is 0 Å². The molecule has 0 amide bonds. The van der Waals surface area contributed by atoms with E-state index in [1.165, 1.54) is 6.07 Å². The number of aromatic nitrogens is 1. The van der Waals surface area contributed by atoms with Crippen LogP contribution in [0.3, 0.4) is 0 Å². The molecule has 0 aliphatic heterocycles. The molecule has 90 valence electrons. The van der Waals surface area contributed by atoms with Gasteiger partial charge in [-0.25, -0.2) is 0 Å². The quantitative estimate of drug-likeness (QED) is 0.483. The maximum absolute atomic E-state index is 10.7. The molecule has 2 aromatic rings. The maximum Gasteiger partial charge on any atom is 0.272 e. The van der Waals surface area contributed by atoms with Crippen molar-refractivity contribution >= 4 is 22.3 Å². The lowest BCUT2D eigenvalue weighted by Gasteiger charge is -1.97. The summed E-state index contributed by atoms with van der Waals surface area (Å²) in [6, 6.07) is 4.88. The van der Waals surface area contributed by atoms with E-state index < -0.39 is 4.92 Å². The number of hydrogen-bond donors (Lipinski definition) is 2. The molecule has 1 heterocycles.